The van der Waals surface area contributed by atoms with E-state index in [0.29, 0.717) is 42.0 Å². The average Bonchev–Trinajstić information content (AvgIpc) is 2.68. The second-order valence-electron chi connectivity index (χ2n) is 8.28. The second kappa shape index (κ2) is 7.74. The molecule has 0 bridgehead atoms. The Bertz CT molecular complexity index is 1030. The van der Waals surface area contributed by atoms with Gasteiger partial charge in [-0.05, 0) is 39.3 Å². The number of fused-ring (bicyclic) bond motifs is 1. The number of nitrogens with zero attached hydrogens (tertiary/aromatic N) is 5. The molecule has 0 unspecified atom stereocenters. The van der Waals surface area contributed by atoms with Crippen LogP contribution in [0.25, 0.3) is 11.0 Å². The van der Waals surface area contributed by atoms with Gasteiger partial charge in [0.25, 0.3) is 5.56 Å². The minimum Gasteiger partial charge on any atom is -0.444 e. The van der Waals surface area contributed by atoms with E-state index in [1.807, 2.05) is 27.7 Å². The fourth-order valence-corrected chi connectivity index (χ4v) is 3.61. The third-order valence-electron chi connectivity index (χ3n) is 5.10. The van der Waals surface area contributed by atoms with E-state index in [-0.39, 0.29) is 17.7 Å². The Morgan fingerprint density at radius 2 is 2.07 bits per heavy atom. The number of hydrogen-bond donors (Lipinski definition) is 0. The van der Waals surface area contributed by atoms with Crippen LogP contribution in [0.3, 0.4) is 0 Å². The van der Waals surface area contributed by atoms with E-state index in [1.54, 1.807) is 30.1 Å². The molecule has 0 radical (unpaired) electrons. The van der Waals surface area contributed by atoms with E-state index in [0.717, 1.165) is 6.42 Å². The van der Waals surface area contributed by atoms with Gasteiger partial charge in [-0.25, -0.2) is 9.78 Å². The van der Waals surface area contributed by atoms with E-state index in [9.17, 15) is 14.9 Å². The Balaban J connectivity index is 1.98. The lowest BCUT2D eigenvalue weighted by Crippen LogP contribution is -2.55. The van der Waals surface area contributed by atoms with Gasteiger partial charge in [-0.15, -0.1) is 0 Å². The molecule has 0 saturated carbocycles. The number of piperazine rings is 1. The SMILES string of the molecule is CC[C@@H]1CN(C(=O)OC(C)(C)C)CCN1c1cc(=O)n(C)c2ccc(C#N)nc12. The Hall–Kier alpha value is -3.08. The molecule has 0 aliphatic carbocycles. The van der Waals surface area contributed by atoms with E-state index >= 15 is 0 Å². The van der Waals surface area contributed by atoms with Crippen molar-refractivity contribution < 1.29 is 9.53 Å². The van der Waals surface area contributed by atoms with Gasteiger partial charge < -0.3 is 19.1 Å². The van der Waals surface area contributed by atoms with Crippen molar-refractivity contribution in [3.05, 3.63) is 34.2 Å². The van der Waals surface area contributed by atoms with Gasteiger partial charge in [0.2, 0.25) is 0 Å². The van der Waals surface area contributed by atoms with Crippen LogP contribution in [0.5, 0.6) is 0 Å². The van der Waals surface area contributed by atoms with Gasteiger partial charge in [0.1, 0.15) is 22.9 Å². The van der Waals surface area contributed by atoms with Crippen LogP contribution in [0.1, 0.15) is 39.8 Å². The minimum atomic E-state index is -0.546. The Morgan fingerprint density at radius 3 is 2.69 bits per heavy atom. The molecular weight excluding hydrogens is 370 g/mol. The molecule has 3 heterocycles. The molecular formula is C21H27N5O3. The summed E-state index contributed by atoms with van der Waals surface area (Å²) in [5.74, 6) is 0. The molecule has 1 atom stereocenters. The number of carbonyl (C=O) groups is 1. The minimum absolute atomic E-state index is 0.0131. The lowest BCUT2D eigenvalue weighted by molar-refractivity contribution is 0.0213. The molecule has 1 fully saturated rings. The van der Waals surface area contributed by atoms with Crippen LogP contribution < -0.4 is 10.5 Å². The number of carbonyl (C=O) groups excluding carboxylic acids is 1. The summed E-state index contributed by atoms with van der Waals surface area (Å²) in [6.45, 7) is 9.14. The van der Waals surface area contributed by atoms with Gasteiger partial charge in [0.05, 0.1) is 11.2 Å². The number of hydrogen-bond acceptors (Lipinski definition) is 6. The fourth-order valence-electron chi connectivity index (χ4n) is 3.61. The summed E-state index contributed by atoms with van der Waals surface area (Å²) >= 11 is 0. The van der Waals surface area contributed by atoms with E-state index in [1.165, 1.54) is 4.57 Å². The van der Waals surface area contributed by atoms with Crippen molar-refractivity contribution in [3.63, 3.8) is 0 Å². The summed E-state index contributed by atoms with van der Waals surface area (Å²) in [6.07, 6.45) is 0.461. The van der Waals surface area contributed by atoms with Crippen molar-refractivity contribution >= 4 is 22.8 Å². The molecule has 0 spiro atoms. The first kappa shape index (κ1) is 20.6. The van der Waals surface area contributed by atoms with Crippen LogP contribution in [0.15, 0.2) is 23.0 Å². The highest BCUT2D eigenvalue weighted by Crippen LogP contribution is 2.28. The highest BCUT2D eigenvalue weighted by molar-refractivity contribution is 5.89. The van der Waals surface area contributed by atoms with Crippen LogP contribution in [0, 0.1) is 11.3 Å². The maximum Gasteiger partial charge on any atom is 0.410 e. The predicted octanol–water partition coefficient (Wildman–Crippen LogP) is 2.64. The zero-order valence-electron chi connectivity index (χ0n) is 17.6. The molecule has 2 aromatic heterocycles. The topological polar surface area (TPSA) is 91.5 Å². The first-order valence-corrected chi connectivity index (χ1v) is 9.80. The van der Waals surface area contributed by atoms with Gasteiger partial charge in [-0.1, -0.05) is 6.92 Å². The number of pyridine rings is 2. The molecule has 2 aromatic rings. The lowest BCUT2D eigenvalue weighted by atomic mass is 10.1. The quantitative estimate of drug-likeness (QED) is 0.774. The number of rotatable bonds is 2. The zero-order chi connectivity index (χ0) is 21.3. The van der Waals surface area contributed by atoms with Crippen molar-refractivity contribution in [2.24, 2.45) is 7.05 Å². The Labute approximate surface area is 170 Å². The van der Waals surface area contributed by atoms with Crippen LogP contribution in [0.4, 0.5) is 10.5 Å². The number of nitriles is 1. The van der Waals surface area contributed by atoms with Gasteiger partial charge in [-0.3, -0.25) is 4.79 Å². The van der Waals surface area contributed by atoms with Crippen molar-refractivity contribution in [3.8, 4) is 6.07 Å². The molecule has 154 valence electrons. The molecule has 1 aliphatic heterocycles. The summed E-state index contributed by atoms with van der Waals surface area (Å²) in [4.78, 5) is 33.3. The Morgan fingerprint density at radius 1 is 1.34 bits per heavy atom. The first-order chi connectivity index (χ1) is 13.6. The molecule has 1 amide bonds. The van der Waals surface area contributed by atoms with Crippen molar-refractivity contribution in [1.82, 2.24) is 14.5 Å². The summed E-state index contributed by atoms with van der Waals surface area (Å²) in [5.41, 5.74) is 1.62. The van der Waals surface area contributed by atoms with Crippen LogP contribution >= 0.6 is 0 Å². The summed E-state index contributed by atoms with van der Waals surface area (Å²) < 4.78 is 7.05. The van der Waals surface area contributed by atoms with Gasteiger partial charge >= 0.3 is 6.09 Å². The van der Waals surface area contributed by atoms with Gasteiger partial charge in [-0.2, -0.15) is 5.26 Å². The number of aryl methyl sites for hydroxylation is 1. The maximum atomic E-state index is 12.5. The lowest BCUT2D eigenvalue weighted by Gasteiger charge is -2.42. The smallest absolute Gasteiger partial charge is 0.410 e. The van der Waals surface area contributed by atoms with Crippen LogP contribution in [-0.4, -0.2) is 51.8 Å². The zero-order valence-corrected chi connectivity index (χ0v) is 17.6. The average molecular weight is 397 g/mol. The number of anilines is 1. The van der Waals surface area contributed by atoms with Crippen LogP contribution in [0.2, 0.25) is 0 Å². The molecule has 8 heteroatoms. The van der Waals surface area contributed by atoms with E-state index in [2.05, 4.69) is 16.0 Å². The standard InChI is InChI=1S/C21H27N5O3/c1-6-15-13-25(20(28)29-21(2,3)4)9-10-26(15)17-11-18(27)24(5)16-8-7-14(12-22)23-19(16)17/h7-8,11,15H,6,9-10,13H2,1-5H3/t15-/m1/s1. The normalized spacial score (nSPS) is 17.3. The molecule has 1 saturated heterocycles. The molecule has 29 heavy (non-hydrogen) atoms. The van der Waals surface area contributed by atoms with Crippen LogP contribution in [-0.2, 0) is 11.8 Å². The number of aromatic nitrogens is 2. The third kappa shape index (κ3) is 4.19. The largest absolute Gasteiger partial charge is 0.444 e. The summed E-state index contributed by atoms with van der Waals surface area (Å²) in [5, 5.41) is 9.26. The number of amides is 1. The first-order valence-electron chi connectivity index (χ1n) is 9.80. The van der Waals surface area contributed by atoms with E-state index in [4.69, 9.17) is 4.74 Å². The highest BCUT2D eigenvalue weighted by Gasteiger charge is 2.32. The predicted molar refractivity (Wildman–Crippen MR) is 111 cm³/mol. The Kier molecular flexibility index (Phi) is 5.51. The van der Waals surface area contributed by atoms with Crippen molar-refractivity contribution in [1.29, 1.82) is 5.26 Å². The highest BCUT2D eigenvalue weighted by atomic mass is 16.6. The third-order valence-corrected chi connectivity index (χ3v) is 5.10. The van der Waals surface area contributed by atoms with Gasteiger partial charge in [0, 0.05) is 38.8 Å². The molecule has 8 nitrogen and oxygen atoms in total. The van der Waals surface area contributed by atoms with Crippen molar-refractivity contribution in [2.45, 2.75) is 45.8 Å². The summed E-state index contributed by atoms with van der Waals surface area (Å²) in [6, 6.07) is 7.02. The number of ether oxygens (including phenoxy) is 1. The molecule has 1 aliphatic rings. The molecule has 3 rings (SSSR count). The van der Waals surface area contributed by atoms with E-state index < -0.39 is 5.60 Å². The summed E-state index contributed by atoms with van der Waals surface area (Å²) in [7, 11) is 1.69. The van der Waals surface area contributed by atoms with Gasteiger partial charge in [0.15, 0.2) is 0 Å². The fraction of sp³-hybridized carbons (Fsp3) is 0.524. The maximum absolute atomic E-state index is 12.5. The van der Waals surface area contributed by atoms with Crippen molar-refractivity contribution in [2.75, 3.05) is 24.5 Å². The molecule has 0 aromatic carbocycles. The molecule has 0 N–H and O–H groups in total. The monoisotopic (exact) mass is 397 g/mol. The second-order valence-corrected chi connectivity index (χ2v) is 8.28.